The summed E-state index contributed by atoms with van der Waals surface area (Å²) in [5.74, 6) is 0. The number of hydrogen-bond acceptors (Lipinski definition) is 0. The van der Waals surface area contributed by atoms with Crippen LogP contribution in [0.2, 0.25) is 0 Å². The van der Waals surface area contributed by atoms with E-state index in [0.717, 1.165) is 0 Å². The summed E-state index contributed by atoms with van der Waals surface area (Å²) in [5, 5.41) is 5.14. The molecule has 2 nitrogen and oxygen atoms in total. The predicted octanol–water partition coefficient (Wildman–Crippen LogP) is 4.98. The molecule has 0 spiro atoms. The van der Waals surface area contributed by atoms with Crippen LogP contribution in [0.1, 0.15) is 0 Å². The third kappa shape index (κ3) is 2.66. The molecule has 5 aromatic rings. The summed E-state index contributed by atoms with van der Waals surface area (Å²) < 4.78 is 4.23. The molecular formula is C26H22N2+2. The van der Waals surface area contributed by atoms with E-state index in [-0.39, 0.29) is 0 Å². The minimum Gasteiger partial charge on any atom is -0.207 e. The number of pyridine rings is 2. The van der Waals surface area contributed by atoms with Gasteiger partial charge in [0, 0.05) is 34.4 Å². The van der Waals surface area contributed by atoms with Crippen LogP contribution in [-0.4, -0.2) is 0 Å². The lowest BCUT2D eigenvalue weighted by Crippen LogP contribution is -2.26. The Morgan fingerprint density at radius 2 is 0.821 bits per heavy atom. The smallest absolute Gasteiger partial charge is 0.176 e. The van der Waals surface area contributed by atoms with Gasteiger partial charge in [-0.15, -0.1) is 0 Å². The average Bonchev–Trinajstić information content (AvgIpc) is 2.72. The standard InChI is InChI=1S/C26H22N2/c1-27-15-7-9-19(17-27)25-21-11-3-5-13-23(21)26(20-10-8-16-28(2)18-20)24-14-6-4-12-22(24)25/h3-18H,1-2H3/q+2. The van der Waals surface area contributed by atoms with Crippen molar-refractivity contribution in [3.63, 3.8) is 0 Å². The first-order valence-corrected chi connectivity index (χ1v) is 9.57. The van der Waals surface area contributed by atoms with Crippen LogP contribution in [0.25, 0.3) is 43.8 Å². The Morgan fingerprint density at radius 3 is 1.14 bits per heavy atom. The number of aromatic nitrogens is 2. The summed E-state index contributed by atoms with van der Waals surface area (Å²) in [6.07, 6.45) is 8.56. The molecule has 0 aliphatic heterocycles. The van der Waals surface area contributed by atoms with Crippen LogP contribution >= 0.6 is 0 Å². The second kappa shape index (κ2) is 6.58. The van der Waals surface area contributed by atoms with Gasteiger partial charge < -0.3 is 0 Å². The number of fused-ring (bicyclic) bond motifs is 2. The van der Waals surface area contributed by atoms with Crippen LogP contribution in [0, 0.1) is 0 Å². The van der Waals surface area contributed by atoms with Crippen molar-refractivity contribution in [1.29, 1.82) is 0 Å². The Hall–Kier alpha value is -3.52. The lowest BCUT2D eigenvalue weighted by atomic mass is 9.87. The zero-order valence-electron chi connectivity index (χ0n) is 16.1. The predicted molar refractivity (Wildman–Crippen MR) is 115 cm³/mol. The van der Waals surface area contributed by atoms with Gasteiger partial charge in [0.05, 0.1) is 0 Å². The number of rotatable bonds is 2. The fourth-order valence-electron chi connectivity index (χ4n) is 4.22. The molecular weight excluding hydrogens is 340 g/mol. The van der Waals surface area contributed by atoms with E-state index >= 15 is 0 Å². The van der Waals surface area contributed by atoms with Gasteiger partial charge in [-0.05, 0) is 33.7 Å². The minimum atomic E-state index is 1.24. The van der Waals surface area contributed by atoms with Gasteiger partial charge in [0.15, 0.2) is 24.8 Å². The molecule has 0 unspecified atom stereocenters. The fraction of sp³-hybridized carbons (Fsp3) is 0.0769. The SMILES string of the molecule is C[n+]1cccc(-c2c3ccccc3c(-c3ccc[n+](C)c3)c3ccccc23)c1. The zero-order chi connectivity index (χ0) is 19.1. The molecule has 2 aromatic heterocycles. The second-order valence-electron chi connectivity index (χ2n) is 7.36. The van der Waals surface area contributed by atoms with Gasteiger partial charge in [-0.1, -0.05) is 48.5 Å². The lowest BCUT2D eigenvalue weighted by Gasteiger charge is -2.16. The molecule has 0 amide bonds. The fourth-order valence-corrected chi connectivity index (χ4v) is 4.22. The van der Waals surface area contributed by atoms with Crippen molar-refractivity contribution in [2.24, 2.45) is 14.1 Å². The molecule has 0 aliphatic carbocycles. The van der Waals surface area contributed by atoms with Crippen LogP contribution in [0.5, 0.6) is 0 Å². The summed E-state index contributed by atoms with van der Waals surface area (Å²) in [5.41, 5.74) is 5.07. The molecule has 0 bridgehead atoms. The maximum atomic E-state index is 2.25. The molecule has 3 aromatic carbocycles. The van der Waals surface area contributed by atoms with E-state index in [2.05, 4.69) is 121 Å². The Kier molecular flexibility index (Phi) is 3.91. The summed E-state index contributed by atoms with van der Waals surface area (Å²) in [7, 11) is 4.15. The largest absolute Gasteiger partial charge is 0.207 e. The highest BCUT2D eigenvalue weighted by Gasteiger charge is 2.18. The van der Waals surface area contributed by atoms with Crippen LogP contribution in [0.15, 0.2) is 97.6 Å². The molecule has 0 radical (unpaired) electrons. The van der Waals surface area contributed by atoms with Crippen molar-refractivity contribution in [1.82, 2.24) is 0 Å². The molecule has 5 rings (SSSR count). The summed E-state index contributed by atoms with van der Waals surface area (Å²) in [6, 6.07) is 26.2. The first kappa shape index (κ1) is 16.6. The molecule has 0 saturated heterocycles. The van der Waals surface area contributed by atoms with Crippen LogP contribution in [-0.2, 0) is 14.1 Å². The van der Waals surface area contributed by atoms with E-state index in [9.17, 15) is 0 Å². The highest BCUT2D eigenvalue weighted by Crippen LogP contribution is 2.42. The van der Waals surface area contributed by atoms with Gasteiger partial charge in [0.2, 0.25) is 0 Å². The van der Waals surface area contributed by atoms with Crippen molar-refractivity contribution in [3.8, 4) is 22.3 Å². The van der Waals surface area contributed by atoms with Crippen LogP contribution < -0.4 is 9.13 Å². The van der Waals surface area contributed by atoms with Gasteiger partial charge in [-0.3, -0.25) is 0 Å². The van der Waals surface area contributed by atoms with E-state index in [1.54, 1.807) is 0 Å². The third-order valence-electron chi connectivity index (χ3n) is 5.39. The van der Waals surface area contributed by atoms with Crippen molar-refractivity contribution in [2.75, 3.05) is 0 Å². The molecule has 2 heteroatoms. The second-order valence-corrected chi connectivity index (χ2v) is 7.36. The molecule has 0 atom stereocenters. The Balaban J connectivity index is 2.00. The Morgan fingerprint density at radius 1 is 0.464 bits per heavy atom. The van der Waals surface area contributed by atoms with E-state index in [1.165, 1.54) is 43.8 Å². The van der Waals surface area contributed by atoms with Gasteiger partial charge in [-0.2, -0.15) is 0 Å². The van der Waals surface area contributed by atoms with Crippen molar-refractivity contribution < 1.29 is 9.13 Å². The maximum absolute atomic E-state index is 2.25. The van der Waals surface area contributed by atoms with E-state index < -0.39 is 0 Å². The molecule has 28 heavy (non-hydrogen) atoms. The van der Waals surface area contributed by atoms with Crippen molar-refractivity contribution in [2.45, 2.75) is 0 Å². The summed E-state index contributed by atoms with van der Waals surface area (Å²) >= 11 is 0. The van der Waals surface area contributed by atoms with E-state index in [4.69, 9.17) is 0 Å². The maximum Gasteiger partial charge on any atom is 0.176 e. The lowest BCUT2D eigenvalue weighted by molar-refractivity contribution is -0.671. The first-order valence-electron chi connectivity index (χ1n) is 9.57. The van der Waals surface area contributed by atoms with Crippen molar-refractivity contribution >= 4 is 21.5 Å². The molecule has 0 fully saturated rings. The van der Waals surface area contributed by atoms with Gasteiger partial charge in [0.25, 0.3) is 0 Å². The Labute approximate surface area is 164 Å². The van der Waals surface area contributed by atoms with Gasteiger partial charge >= 0.3 is 0 Å². The van der Waals surface area contributed by atoms with E-state index in [0.29, 0.717) is 0 Å². The van der Waals surface area contributed by atoms with Gasteiger partial charge in [-0.25, -0.2) is 9.13 Å². The molecule has 0 N–H and O–H groups in total. The van der Waals surface area contributed by atoms with Gasteiger partial charge in [0.1, 0.15) is 14.1 Å². The number of aryl methyl sites for hydroxylation is 2. The molecule has 134 valence electrons. The molecule has 2 heterocycles. The highest BCUT2D eigenvalue weighted by molar-refractivity contribution is 6.21. The molecule has 0 saturated carbocycles. The zero-order valence-corrected chi connectivity index (χ0v) is 16.1. The molecule has 0 aliphatic rings. The van der Waals surface area contributed by atoms with Crippen LogP contribution in [0.4, 0.5) is 0 Å². The number of benzene rings is 3. The quantitative estimate of drug-likeness (QED) is 0.309. The highest BCUT2D eigenvalue weighted by atomic mass is 14.9. The summed E-state index contributed by atoms with van der Waals surface area (Å²) in [6.45, 7) is 0. The average molecular weight is 362 g/mol. The monoisotopic (exact) mass is 362 g/mol. The summed E-state index contributed by atoms with van der Waals surface area (Å²) in [4.78, 5) is 0. The van der Waals surface area contributed by atoms with E-state index in [1.807, 2.05) is 0 Å². The Bertz CT molecular complexity index is 1170. The topological polar surface area (TPSA) is 7.76 Å². The third-order valence-corrected chi connectivity index (χ3v) is 5.39. The van der Waals surface area contributed by atoms with Crippen molar-refractivity contribution in [3.05, 3.63) is 97.6 Å². The normalized spacial score (nSPS) is 11.2. The minimum absolute atomic E-state index is 1.24. The van der Waals surface area contributed by atoms with Crippen LogP contribution in [0.3, 0.4) is 0 Å². The first-order chi connectivity index (χ1) is 13.7. The number of nitrogens with zero attached hydrogens (tertiary/aromatic N) is 2. The number of hydrogen-bond donors (Lipinski definition) is 0.